The molecule has 0 amide bonds. The molecule has 7 nitrogen and oxygen atoms in total. The molecule has 0 N–H and O–H groups in total. The summed E-state index contributed by atoms with van der Waals surface area (Å²) in [6, 6.07) is 1.64. The van der Waals surface area contributed by atoms with Gasteiger partial charge in [-0.25, -0.2) is 19.9 Å². The summed E-state index contributed by atoms with van der Waals surface area (Å²) >= 11 is 6.60. The van der Waals surface area contributed by atoms with Crippen molar-refractivity contribution in [3.63, 3.8) is 0 Å². The van der Waals surface area contributed by atoms with Gasteiger partial charge in [-0.15, -0.1) is 0 Å². The van der Waals surface area contributed by atoms with E-state index in [1.807, 2.05) is 0 Å². The van der Waals surface area contributed by atoms with Crippen molar-refractivity contribution < 1.29 is 4.92 Å². The molecule has 0 aromatic carbocycles. The second kappa shape index (κ2) is 5.02. The Morgan fingerprint density at radius 1 is 1.24 bits per heavy atom. The van der Waals surface area contributed by atoms with Crippen molar-refractivity contribution >= 4 is 29.1 Å². The zero-order valence-corrected chi connectivity index (χ0v) is 9.72. The number of hydrogen-bond donors (Lipinski definition) is 0. The smallest absolute Gasteiger partial charge is 0.258 e. The molecule has 0 saturated heterocycles. The van der Waals surface area contributed by atoms with Crippen LogP contribution in [0.3, 0.4) is 0 Å². The van der Waals surface area contributed by atoms with E-state index in [2.05, 4.69) is 19.9 Å². The van der Waals surface area contributed by atoms with Gasteiger partial charge in [0, 0.05) is 12.4 Å². The van der Waals surface area contributed by atoms with Gasteiger partial charge in [-0.1, -0.05) is 11.6 Å². The molecule has 2 rings (SSSR count). The third kappa shape index (κ3) is 2.66. The topological polar surface area (TPSA) is 94.7 Å². The fraction of sp³-hybridized carbons (Fsp3) is 0. The number of nitro groups is 1. The molecule has 0 unspecified atom stereocenters. The monoisotopic (exact) mass is 269 g/mol. The van der Waals surface area contributed by atoms with E-state index in [0.717, 1.165) is 18.1 Å². The van der Waals surface area contributed by atoms with Gasteiger partial charge >= 0.3 is 5.69 Å². The number of aromatic nitrogens is 4. The fourth-order valence-corrected chi connectivity index (χ4v) is 2.02. The molecule has 0 saturated carbocycles. The van der Waals surface area contributed by atoms with Crippen molar-refractivity contribution in [1.82, 2.24) is 19.9 Å². The SMILES string of the molecule is O=[N+]([O-])c1c(Cl)ncnc1Sc1ncccn1. The van der Waals surface area contributed by atoms with Gasteiger partial charge in [-0.3, -0.25) is 10.1 Å². The summed E-state index contributed by atoms with van der Waals surface area (Å²) in [7, 11) is 0. The van der Waals surface area contributed by atoms with Crippen LogP contribution in [-0.4, -0.2) is 24.9 Å². The normalized spacial score (nSPS) is 10.2. The Morgan fingerprint density at radius 2 is 1.94 bits per heavy atom. The summed E-state index contributed by atoms with van der Waals surface area (Å²) in [5.74, 6) is 0. The average Bonchev–Trinajstić information content (AvgIpc) is 2.30. The van der Waals surface area contributed by atoms with Crippen molar-refractivity contribution in [2.24, 2.45) is 0 Å². The van der Waals surface area contributed by atoms with Crippen LogP contribution >= 0.6 is 23.4 Å². The largest absolute Gasteiger partial charge is 0.338 e. The van der Waals surface area contributed by atoms with Gasteiger partial charge in [0.2, 0.25) is 5.15 Å². The van der Waals surface area contributed by atoms with Gasteiger partial charge in [0.05, 0.1) is 4.92 Å². The Bertz CT molecular complexity index is 553. The molecule has 0 aliphatic carbocycles. The van der Waals surface area contributed by atoms with E-state index in [9.17, 15) is 10.1 Å². The molecule has 0 aliphatic heterocycles. The minimum Gasteiger partial charge on any atom is -0.258 e. The predicted molar refractivity (Wildman–Crippen MR) is 59.9 cm³/mol. The van der Waals surface area contributed by atoms with Crippen molar-refractivity contribution in [2.75, 3.05) is 0 Å². The second-order valence-electron chi connectivity index (χ2n) is 2.71. The Labute approximate surface area is 104 Å². The highest BCUT2D eigenvalue weighted by Crippen LogP contribution is 2.34. The first-order valence-corrected chi connectivity index (χ1v) is 5.47. The van der Waals surface area contributed by atoms with Gasteiger partial charge in [-0.2, -0.15) is 0 Å². The standard InChI is InChI=1S/C8H4ClN5O2S/c9-6-5(14(15)16)7(13-4-12-6)17-8-10-2-1-3-11-8/h1-4H. The molecule has 2 aromatic rings. The number of hydrogen-bond acceptors (Lipinski definition) is 7. The highest BCUT2D eigenvalue weighted by molar-refractivity contribution is 7.99. The molecule has 9 heteroatoms. The quantitative estimate of drug-likeness (QED) is 0.364. The lowest BCUT2D eigenvalue weighted by molar-refractivity contribution is -0.388. The maximum Gasteiger partial charge on any atom is 0.338 e. The van der Waals surface area contributed by atoms with Gasteiger partial charge in [0.1, 0.15) is 6.33 Å². The van der Waals surface area contributed by atoms with Crippen molar-refractivity contribution in [3.8, 4) is 0 Å². The van der Waals surface area contributed by atoms with Gasteiger partial charge in [0.15, 0.2) is 10.2 Å². The van der Waals surface area contributed by atoms with E-state index < -0.39 is 4.92 Å². The summed E-state index contributed by atoms with van der Waals surface area (Å²) in [6.45, 7) is 0. The lowest BCUT2D eigenvalue weighted by Crippen LogP contribution is -1.97. The van der Waals surface area contributed by atoms with E-state index >= 15 is 0 Å². The van der Waals surface area contributed by atoms with Crippen LogP contribution in [-0.2, 0) is 0 Å². The van der Waals surface area contributed by atoms with Crippen molar-refractivity contribution in [1.29, 1.82) is 0 Å². The molecule has 0 bridgehead atoms. The highest BCUT2D eigenvalue weighted by atomic mass is 35.5. The predicted octanol–water partition coefficient (Wildman–Crippen LogP) is 1.98. The maximum atomic E-state index is 10.8. The zero-order valence-electron chi connectivity index (χ0n) is 8.15. The molecule has 0 fully saturated rings. The molecule has 2 heterocycles. The second-order valence-corrected chi connectivity index (χ2v) is 4.02. The molecular formula is C8H4ClN5O2S. The maximum absolute atomic E-state index is 10.8. The minimum absolute atomic E-state index is 0.112. The lowest BCUT2D eigenvalue weighted by Gasteiger charge is -2.00. The highest BCUT2D eigenvalue weighted by Gasteiger charge is 2.22. The van der Waals surface area contributed by atoms with E-state index in [0.29, 0.717) is 5.16 Å². The van der Waals surface area contributed by atoms with Crippen molar-refractivity contribution in [3.05, 3.63) is 40.1 Å². The van der Waals surface area contributed by atoms with Crippen molar-refractivity contribution in [2.45, 2.75) is 10.2 Å². The zero-order chi connectivity index (χ0) is 12.3. The Morgan fingerprint density at radius 3 is 2.59 bits per heavy atom. The summed E-state index contributed by atoms with van der Waals surface area (Å²) in [4.78, 5) is 25.4. The third-order valence-corrected chi connectivity index (χ3v) is 2.82. The molecular weight excluding hydrogens is 266 g/mol. The molecule has 0 radical (unpaired) electrons. The van der Waals surface area contributed by atoms with Crippen LogP contribution in [0.2, 0.25) is 5.15 Å². The molecule has 0 aliphatic rings. The summed E-state index contributed by atoms with van der Waals surface area (Å²) in [6.07, 6.45) is 4.22. The molecule has 86 valence electrons. The van der Waals surface area contributed by atoms with E-state index in [1.54, 1.807) is 6.07 Å². The molecule has 17 heavy (non-hydrogen) atoms. The van der Waals surface area contributed by atoms with Gasteiger partial charge in [0.25, 0.3) is 0 Å². The van der Waals surface area contributed by atoms with Crippen LogP contribution in [0.25, 0.3) is 0 Å². The first-order chi connectivity index (χ1) is 8.18. The lowest BCUT2D eigenvalue weighted by atomic mass is 10.5. The summed E-state index contributed by atoms with van der Waals surface area (Å²) < 4.78 is 0. The minimum atomic E-state index is -0.631. The number of nitrogens with zero attached hydrogens (tertiary/aromatic N) is 5. The number of halogens is 1. The van der Waals surface area contributed by atoms with Gasteiger partial charge < -0.3 is 0 Å². The van der Waals surface area contributed by atoms with Crippen LogP contribution < -0.4 is 0 Å². The van der Waals surface area contributed by atoms with Crippen LogP contribution in [0.1, 0.15) is 0 Å². The molecule has 2 aromatic heterocycles. The Hall–Kier alpha value is -1.80. The van der Waals surface area contributed by atoms with E-state index in [4.69, 9.17) is 11.6 Å². The molecule has 0 atom stereocenters. The van der Waals surface area contributed by atoms with Crippen LogP contribution in [0.4, 0.5) is 5.69 Å². The van der Waals surface area contributed by atoms with Crippen LogP contribution in [0, 0.1) is 10.1 Å². The fourth-order valence-electron chi connectivity index (χ4n) is 0.995. The summed E-state index contributed by atoms with van der Waals surface area (Å²) in [5, 5.41) is 11.1. The van der Waals surface area contributed by atoms with Gasteiger partial charge in [-0.05, 0) is 17.8 Å². The van der Waals surface area contributed by atoms with Crippen LogP contribution in [0.5, 0.6) is 0 Å². The van der Waals surface area contributed by atoms with E-state index in [-0.39, 0.29) is 15.9 Å². The Kier molecular flexibility index (Phi) is 3.45. The molecule has 0 spiro atoms. The first kappa shape index (κ1) is 11.7. The number of rotatable bonds is 3. The average molecular weight is 270 g/mol. The summed E-state index contributed by atoms with van der Waals surface area (Å²) in [5.41, 5.74) is -0.341. The van der Waals surface area contributed by atoms with Crippen LogP contribution in [0.15, 0.2) is 35.0 Å². The first-order valence-electron chi connectivity index (χ1n) is 4.28. The Balaban J connectivity index is 2.40. The van der Waals surface area contributed by atoms with E-state index in [1.165, 1.54) is 12.4 Å². The third-order valence-electron chi connectivity index (χ3n) is 1.66.